The lowest BCUT2D eigenvalue weighted by Crippen LogP contribution is -2.47. The van der Waals surface area contributed by atoms with Gasteiger partial charge < -0.3 is 30.7 Å². The molecule has 3 N–H and O–H groups in total. The number of hydrogen-bond donors (Lipinski definition) is 3. The number of nitrogens with zero attached hydrogens (tertiary/aromatic N) is 7. The van der Waals surface area contributed by atoms with Gasteiger partial charge in [0.2, 0.25) is 5.95 Å². The quantitative estimate of drug-likeness (QED) is 0.114. The van der Waals surface area contributed by atoms with E-state index in [0.29, 0.717) is 34.7 Å². The number of fused-ring (bicyclic) bond motifs is 3. The van der Waals surface area contributed by atoms with Gasteiger partial charge in [-0.05, 0) is 131 Å². The molecule has 0 amide bonds. The highest BCUT2D eigenvalue weighted by molar-refractivity contribution is 6.32. The number of anilines is 4. The van der Waals surface area contributed by atoms with Crippen molar-refractivity contribution in [1.82, 2.24) is 35.3 Å². The molecular formula is C50H63ClF2N10. The first kappa shape index (κ1) is 43.3. The van der Waals surface area contributed by atoms with Crippen LogP contribution in [0.15, 0.2) is 85.4 Å². The number of hydrogen-bond acceptors (Lipinski definition) is 9. The molecule has 13 heteroatoms. The van der Waals surface area contributed by atoms with E-state index in [2.05, 4.69) is 82.6 Å². The van der Waals surface area contributed by atoms with Crippen LogP contribution in [0.25, 0.3) is 16.6 Å². The van der Waals surface area contributed by atoms with Crippen LogP contribution in [0, 0.1) is 11.8 Å². The fourth-order valence-electron chi connectivity index (χ4n) is 10.7. The Morgan fingerprint density at radius 2 is 1.81 bits per heavy atom. The number of benzene rings is 2. The number of alkyl halides is 2. The van der Waals surface area contributed by atoms with Crippen LogP contribution in [0.4, 0.5) is 31.9 Å². The van der Waals surface area contributed by atoms with E-state index in [0.717, 1.165) is 123 Å². The number of aryl methyl sites for hydroxylation is 1. The van der Waals surface area contributed by atoms with E-state index in [4.69, 9.17) is 21.7 Å². The number of piperidine rings is 2. The van der Waals surface area contributed by atoms with Crippen LogP contribution >= 0.6 is 11.6 Å². The number of likely N-dealkylation sites (tertiary alicyclic amines) is 1. The highest BCUT2D eigenvalue weighted by Gasteiger charge is 2.50. The van der Waals surface area contributed by atoms with E-state index in [1.54, 1.807) is 6.20 Å². The van der Waals surface area contributed by atoms with E-state index in [9.17, 15) is 0 Å². The van der Waals surface area contributed by atoms with Gasteiger partial charge in [-0.2, -0.15) is 10.1 Å². The van der Waals surface area contributed by atoms with Crippen LogP contribution in [-0.4, -0.2) is 82.9 Å². The molecule has 0 radical (unpaired) electrons. The topological polar surface area (TPSA) is 89.4 Å². The van der Waals surface area contributed by atoms with E-state index in [1.165, 1.54) is 16.5 Å². The maximum absolute atomic E-state index is 15.4. The molecule has 3 atom stereocenters. The maximum Gasteiger partial charge on any atom is 0.268 e. The lowest BCUT2D eigenvalue weighted by Gasteiger charge is -2.42. The number of allylic oxidation sites excluding steroid dienone is 3. The summed E-state index contributed by atoms with van der Waals surface area (Å²) >= 11 is 6.72. The van der Waals surface area contributed by atoms with E-state index in [1.807, 2.05) is 48.0 Å². The first-order valence-corrected chi connectivity index (χ1v) is 23.4. The molecule has 5 aliphatic rings. The second-order valence-corrected chi connectivity index (χ2v) is 19.1. The summed E-state index contributed by atoms with van der Waals surface area (Å²) in [7, 11) is 5.93. The predicted molar refractivity (Wildman–Crippen MR) is 254 cm³/mol. The Morgan fingerprint density at radius 3 is 2.52 bits per heavy atom. The van der Waals surface area contributed by atoms with Crippen molar-refractivity contribution in [3.63, 3.8) is 0 Å². The molecule has 0 bridgehead atoms. The third-order valence-electron chi connectivity index (χ3n) is 15.0. The van der Waals surface area contributed by atoms with Gasteiger partial charge in [-0.15, -0.1) is 6.58 Å². The Bertz CT molecular complexity index is 2420. The van der Waals surface area contributed by atoms with Crippen molar-refractivity contribution in [3.05, 3.63) is 107 Å². The Hall–Kier alpha value is -4.94. The van der Waals surface area contributed by atoms with Crippen molar-refractivity contribution in [3.8, 4) is 0 Å². The van der Waals surface area contributed by atoms with Crippen molar-refractivity contribution in [2.45, 2.75) is 101 Å². The Balaban J connectivity index is 0.814. The number of nitrogens with one attached hydrogen (secondary N) is 3. The predicted octanol–water partition coefficient (Wildman–Crippen LogP) is 10.5. The minimum absolute atomic E-state index is 0.0133. The van der Waals surface area contributed by atoms with Crippen LogP contribution in [0.2, 0.25) is 5.02 Å². The molecule has 9 rings (SSSR count). The monoisotopic (exact) mass is 876 g/mol. The molecule has 0 spiro atoms. The van der Waals surface area contributed by atoms with Crippen molar-refractivity contribution in [2.75, 3.05) is 55.4 Å². The average Bonchev–Trinajstić information content (AvgIpc) is 4.10. The zero-order valence-corrected chi connectivity index (χ0v) is 38.1. The standard InChI is InChI=1S/C50H63ClF2N10/c1-8-33(10-9-30(2)54-5)45-40-15-13-37(27-44(40)61(7)59-45)35-20-23-62(24-21-35)31(3)34-18-25-63(26-19-34)49-55-29-42(51)48(58-49)56-38-14-16-43-41(28-38)46-39(32(4)60(43)6)17-22-50(52,53)47(57-46)36-11-12-36/h8,13-16,27-29,31,33-36,47,54,57H,1-2,4,9-12,17-26H2,3,5-7H3,(H,55,56,58)/t31-,33?,47?/m1/s1. The minimum Gasteiger partial charge on any atom is -0.392 e. The zero-order chi connectivity index (χ0) is 44.2. The van der Waals surface area contributed by atoms with Gasteiger partial charge in [0, 0.05) is 86.3 Å². The van der Waals surface area contributed by atoms with Crippen molar-refractivity contribution in [2.24, 2.45) is 18.9 Å². The maximum atomic E-state index is 15.4. The Morgan fingerprint density at radius 1 is 1.05 bits per heavy atom. The number of halogens is 3. The molecule has 4 aliphatic heterocycles. The van der Waals surface area contributed by atoms with Crippen molar-refractivity contribution < 1.29 is 8.78 Å². The Kier molecular flexibility index (Phi) is 12.1. The van der Waals surface area contributed by atoms with Crippen LogP contribution in [0.3, 0.4) is 0 Å². The SMILES string of the molecule is C=CC(CCC(=C)NC)c1nn(C)c2cc(C3CCN([C@H](C)C4CCN(c5ncc(Cl)c(Nc6ccc7c(c6)C6=C(CCC(F)(F)C(C8CC8)N6)C(=C)N7C)n5)CC4)CC3)ccc12. The van der Waals surface area contributed by atoms with Gasteiger partial charge in [0.25, 0.3) is 5.92 Å². The summed E-state index contributed by atoms with van der Waals surface area (Å²) in [5.41, 5.74) is 9.68. The molecular weight excluding hydrogens is 814 g/mol. The molecule has 4 aromatic rings. The molecule has 10 nitrogen and oxygen atoms in total. The zero-order valence-electron chi connectivity index (χ0n) is 37.4. The first-order valence-electron chi connectivity index (χ1n) is 23.0. The lowest BCUT2D eigenvalue weighted by molar-refractivity contribution is -0.0441. The fraction of sp³-hybridized carbons (Fsp3) is 0.500. The lowest BCUT2D eigenvalue weighted by atomic mass is 9.85. The van der Waals surface area contributed by atoms with Gasteiger partial charge in [0.05, 0.1) is 29.1 Å². The minimum atomic E-state index is -2.79. The van der Waals surface area contributed by atoms with Crippen LogP contribution in [-0.2, 0) is 7.05 Å². The number of likely N-dealkylation sites (N-methyl/N-ethyl adjacent to an activating group) is 1. The molecule has 2 aromatic carbocycles. The Labute approximate surface area is 376 Å². The van der Waals surface area contributed by atoms with Crippen molar-refractivity contribution in [1.29, 1.82) is 0 Å². The second kappa shape index (κ2) is 17.6. The highest BCUT2D eigenvalue weighted by atomic mass is 35.5. The molecule has 63 heavy (non-hydrogen) atoms. The largest absolute Gasteiger partial charge is 0.392 e. The van der Waals surface area contributed by atoms with Gasteiger partial charge in [-0.25, -0.2) is 13.8 Å². The fourth-order valence-corrected chi connectivity index (χ4v) is 10.8. The number of aromatic nitrogens is 4. The summed E-state index contributed by atoms with van der Waals surface area (Å²) in [6.07, 6.45) is 11.7. The molecule has 1 saturated carbocycles. The second-order valence-electron chi connectivity index (χ2n) is 18.7. The van der Waals surface area contributed by atoms with Gasteiger partial charge in [0.15, 0.2) is 5.82 Å². The third kappa shape index (κ3) is 8.57. The molecule has 2 aromatic heterocycles. The van der Waals surface area contributed by atoms with Gasteiger partial charge >= 0.3 is 0 Å². The van der Waals surface area contributed by atoms with E-state index < -0.39 is 12.0 Å². The van der Waals surface area contributed by atoms with E-state index in [-0.39, 0.29) is 24.7 Å². The molecule has 6 heterocycles. The van der Waals surface area contributed by atoms with Gasteiger partial charge in [0.1, 0.15) is 5.02 Å². The average molecular weight is 878 g/mol. The van der Waals surface area contributed by atoms with Crippen LogP contribution < -0.4 is 25.8 Å². The van der Waals surface area contributed by atoms with Gasteiger partial charge in [-0.3, -0.25) is 4.68 Å². The van der Waals surface area contributed by atoms with Crippen LogP contribution in [0.1, 0.15) is 99.8 Å². The smallest absolute Gasteiger partial charge is 0.268 e. The molecule has 1 aliphatic carbocycles. The van der Waals surface area contributed by atoms with Crippen molar-refractivity contribution >= 4 is 51.3 Å². The first-order chi connectivity index (χ1) is 30.3. The van der Waals surface area contributed by atoms with Gasteiger partial charge in [-0.1, -0.05) is 43.0 Å². The molecule has 3 fully saturated rings. The molecule has 334 valence electrons. The molecule has 2 saturated heterocycles. The van der Waals surface area contributed by atoms with Crippen LogP contribution in [0.5, 0.6) is 0 Å². The summed E-state index contributed by atoms with van der Waals surface area (Å²) in [4.78, 5) is 16.6. The molecule has 2 unspecified atom stereocenters. The summed E-state index contributed by atoms with van der Waals surface area (Å²) in [5, 5.41) is 16.6. The summed E-state index contributed by atoms with van der Waals surface area (Å²) in [6, 6.07) is 12.6. The van der Waals surface area contributed by atoms with E-state index >= 15 is 8.78 Å². The summed E-state index contributed by atoms with van der Waals surface area (Å²) in [6.45, 7) is 18.9. The highest BCUT2D eigenvalue weighted by Crippen LogP contribution is 2.49. The normalized spacial score (nSPS) is 22.0. The summed E-state index contributed by atoms with van der Waals surface area (Å²) in [5.74, 6) is -0.308. The summed E-state index contributed by atoms with van der Waals surface area (Å²) < 4.78 is 32.8. The third-order valence-corrected chi connectivity index (χ3v) is 15.2. The number of rotatable bonds is 13.